The van der Waals surface area contributed by atoms with Crippen molar-refractivity contribution in [3.63, 3.8) is 0 Å². The molecule has 2 aromatic carbocycles. The van der Waals surface area contributed by atoms with Crippen LogP contribution in [-0.2, 0) is 0 Å². The smallest absolute Gasteiger partial charge is 0.254 e. The van der Waals surface area contributed by atoms with Gasteiger partial charge in [-0.15, -0.1) is 0 Å². The first-order valence-corrected chi connectivity index (χ1v) is 8.21. The molecule has 1 fully saturated rings. The third kappa shape index (κ3) is 2.57. The number of aliphatic hydroxyl groups is 1. The fourth-order valence-electron chi connectivity index (χ4n) is 3.43. The van der Waals surface area contributed by atoms with Gasteiger partial charge in [-0.1, -0.05) is 36.4 Å². The van der Waals surface area contributed by atoms with Crippen molar-refractivity contribution < 1.29 is 9.90 Å². The number of aromatic nitrogens is 2. The number of carbonyl (C=O) groups is 1. The molecule has 5 heteroatoms. The molecule has 3 aromatic rings. The Morgan fingerprint density at radius 3 is 2.71 bits per heavy atom. The molecule has 122 valence electrons. The highest BCUT2D eigenvalue weighted by atomic mass is 16.3. The van der Waals surface area contributed by atoms with Gasteiger partial charge >= 0.3 is 0 Å². The van der Waals surface area contributed by atoms with Crippen LogP contribution >= 0.6 is 0 Å². The molecule has 0 spiro atoms. The fraction of sp³-hybridized carbons (Fsp3) is 0.263. The summed E-state index contributed by atoms with van der Waals surface area (Å²) < 4.78 is 0. The van der Waals surface area contributed by atoms with Crippen LogP contribution in [-0.4, -0.2) is 38.8 Å². The summed E-state index contributed by atoms with van der Waals surface area (Å²) in [4.78, 5) is 14.8. The summed E-state index contributed by atoms with van der Waals surface area (Å²) in [5.41, 5.74) is 2.44. The van der Waals surface area contributed by atoms with Gasteiger partial charge in [0, 0.05) is 17.5 Å². The SMILES string of the molecule is O=C(c1ccccc1)N1CCC(O)CC1c1n[nH]c2ccccc12. The van der Waals surface area contributed by atoms with Gasteiger partial charge in [0.15, 0.2) is 0 Å². The predicted molar refractivity (Wildman–Crippen MR) is 91.6 cm³/mol. The maximum Gasteiger partial charge on any atom is 0.254 e. The normalized spacial score (nSPS) is 21.1. The number of hydrogen-bond donors (Lipinski definition) is 2. The van der Waals surface area contributed by atoms with Crippen LogP contribution in [0.15, 0.2) is 54.6 Å². The number of likely N-dealkylation sites (tertiary alicyclic amines) is 1. The highest BCUT2D eigenvalue weighted by Gasteiger charge is 2.34. The number of H-pyrrole nitrogens is 1. The van der Waals surface area contributed by atoms with E-state index in [1.807, 2.05) is 59.5 Å². The van der Waals surface area contributed by atoms with Crippen LogP contribution in [0.2, 0.25) is 0 Å². The molecule has 0 bridgehead atoms. The predicted octanol–water partition coefficient (Wildman–Crippen LogP) is 2.90. The van der Waals surface area contributed by atoms with Crippen molar-refractivity contribution >= 4 is 16.8 Å². The van der Waals surface area contributed by atoms with E-state index in [-0.39, 0.29) is 11.9 Å². The Balaban J connectivity index is 1.74. The summed E-state index contributed by atoms with van der Waals surface area (Å²) in [7, 11) is 0. The van der Waals surface area contributed by atoms with Crippen molar-refractivity contribution in [2.45, 2.75) is 25.0 Å². The van der Waals surface area contributed by atoms with Gasteiger partial charge in [-0.05, 0) is 31.0 Å². The summed E-state index contributed by atoms with van der Waals surface area (Å²) in [6.07, 6.45) is 0.690. The summed E-state index contributed by atoms with van der Waals surface area (Å²) in [5.74, 6) is -0.0143. The molecular weight excluding hydrogens is 302 g/mol. The Bertz CT molecular complexity index is 859. The number of hydrogen-bond acceptors (Lipinski definition) is 3. The van der Waals surface area contributed by atoms with Crippen molar-refractivity contribution in [1.82, 2.24) is 15.1 Å². The molecule has 1 aromatic heterocycles. The lowest BCUT2D eigenvalue weighted by atomic mass is 9.94. The van der Waals surface area contributed by atoms with Crippen LogP contribution < -0.4 is 0 Å². The number of para-hydroxylation sites is 1. The Morgan fingerprint density at radius 1 is 1.12 bits per heavy atom. The molecule has 1 amide bonds. The van der Waals surface area contributed by atoms with E-state index in [9.17, 15) is 9.90 Å². The van der Waals surface area contributed by atoms with Crippen LogP contribution in [0, 0.1) is 0 Å². The Labute approximate surface area is 139 Å². The maximum atomic E-state index is 13.0. The maximum absolute atomic E-state index is 13.0. The van der Waals surface area contributed by atoms with E-state index in [0.29, 0.717) is 24.9 Å². The minimum absolute atomic E-state index is 0.0143. The van der Waals surface area contributed by atoms with Crippen LogP contribution in [0.1, 0.15) is 34.9 Å². The molecule has 0 aliphatic carbocycles. The third-order valence-electron chi connectivity index (χ3n) is 4.67. The van der Waals surface area contributed by atoms with Gasteiger partial charge < -0.3 is 10.0 Å². The number of aliphatic hydroxyl groups excluding tert-OH is 1. The molecule has 0 saturated carbocycles. The van der Waals surface area contributed by atoms with Crippen LogP contribution in [0.4, 0.5) is 0 Å². The third-order valence-corrected chi connectivity index (χ3v) is 4.67. The lowest BCUT2D eigenvalue weighted by molar-refractivity contribution is 0.0312. The zero-order valence-electron chi connectivity index (χ0n) is 13.2. The van der Waals surface area contributed by atoms with Crippen LogP contribution in [0.3, 0.4) is 0 Å². The highest BCUT2D eigenvalue weighted by Crippen LogP contribution is 2.34. The van der Waals surface area contributed by atoms with E-state index < -0.39 is 6.10 Å². The van der Waals surface area contributed by atoms with Gasteiger partial charge in [-0.3, -0.25) is 9.89 Å². The number of rotatable bonds is 2. The van der Waals surface area contributed by atoms with Crippen molar-refractivity contribution in [3.8, 4) is 0 Å². The summed E-state index contributed by atoms with van der Waals surface area (Å²) in [6, 6.07) is 16.9. The highest BCUT2D eigenvalue weighted by molar-refractivity contribution is 5.95. The average molecular weight is 321 g/mol. The lowest BCUT2D eigenvalue weighted by Gasteiger charge is -2.37. The molecule has 5 nitrogen and oxygen atoms in total. The molecule has 1 aliphatic rings. The quantitative estimate of drug-likeness (QED) is 0.762. The zero-order valence-corrected chi connectivity index (χ0v) is 13.2. The van der Waals surface area contributed by atoms with E-state index in [1.165, 1.54) is 0 Å². The van der Waals surface area contributed by atoms with E-state index in [0.717, 1.165) is 16.6 Å². The second-order valence-electron chi connectivity index (χ2n) is 6.21. The first-order valence-electron chi connectivity index (χ1n) is 8.21. The van der Waals surface area contributed by atoms with Crippen molar-refractivity contribution in [2.24, 2.45) is 0 Å². The molecule has 2 unspecified atom stereocenters. The van der Waals surface area contributed by atoms with Crippen LogP contribution in [0.25, 0.3) is 10.9 Å². The monoisotopic (exact) mass is 321 g/mol. The van der Waals surface area contributed by atoms with E-state index in [2.05, 4.69) is 10.2 Å². The van der Waals surface area contributed by atoms with Gasteiger partial charge in [0.2, 0.25) is 0 Å². The summed E-state index contributed by atoms with van der Waals surface area (Å²) in [6.45, 7) is 0.529. The Morgan fingerprint density at radius 2 is 1.88 bits per heavy atom. The molecule has 1 saturated heterocycles. The number of benzene rings is 2. The second kappa shape index (κ2) is 6.09. The minimum atomic E-state index is -0.412. The number of nitrogens with one attached hydrogen (secondary N) is 1. The topological polar surface area (TPSA) is 69.2 Å². The number of aromatic amines is 1. The summed E-state index contributed by atoms with van der Waals surface area (Å²) in [5, 5.41) is 18.6. The number of carbonyl (C=O) groups excluding carboxylic acids is 1. The first kappa shape index (κ1) is 14.9. The lowest BCUT2D eigenvalue weighted by Crippen LogP contribution is -2.42. The standard InChI is InChI=1S/C19H19N3O2/c23-14-10-11-22(19(24)13-6-2-1-3-7-13)17(12-14)18-15-8-4-5-9-16(15)20-21-18/h1-9,14,17,23H,10-12H2,(H,20,21). The molecule has 2 N–H and O–H groups in total. The van der Waals surface area contributed by atoms with Crippen molar-refractivity contribution in [1.29, 1.82) is 0 Å². The first-order chi connectivity index (χ1) is 11.7. The Kier molecular flexibility index (Phi) is 3.78. The zero-order chi connectivity index (χ0) is 16.5. The van der Waals surface area contributed by atoms with Crippen molar-refractivity contribution in [2.75, 3.05) is 6.54 Å². The number of piperidine rings is 1. The molecule has 1 aliphatic heterocycles. The minimum Gasteiger partial charge on any atom is -0.393 e. The van der Waals surface area contributed by atoms with Crippen molar-refractivity contribution in [3.05, 3.63) is 65.9 Å². The van der Waals surface area contributed by atoms with Gasteiger partial charge in [0.05, 0.1) is 23.4 Å². The Hall–Kier alpha value is -2.66. The van der Waals surface area contributed by atoms with Crippen LogP contribution in [0.5, 0.6) is 0 Å². The van der Waals surface area contributed by atoms with E-state index in [1.54, 1.807) is 0 Å². The number of fused-ring (bicyclic) bond motifs is 1. The van der Waals surface area contributed by atoms with Gasteiger partial charge in [-0.25, -0.2) is 0 Å². The molecule has 24 heavy (non-hydrogen) atoms. The fourth-order valence-corrected chi connectivity index (χ4v) is 3.43. The molecule has 0 radical (unpaired) electrons. The number of nitrogens with zero attached hydrogens (tertiary/aromatic N) is 2. The van der Waals surface area contributed by atoms with Gasteiger partial charge in [0.25, 0.3) is 5.91 Å². The average Bonchev–Trinajstić information content (AvgIpc) is 3.06. The number of amides is 1. The molecular formula is C19H19N3O2. The molecule has 2 atom stereocenters. The van der Waals surface area contributed by atoms with E-state index >= 15 is 0 Å². The second-order valence-corrected chi connectivity index (χ2v) is 6.21. The largest absolute Gasteiger partial charge is 0.393 e. The molecule has 2 heterocycles. The molecule has 4 rings (SSSR count). The van der Waals surface area contributed by atoms with Gasteiger partial charge in [-0.2, -0.15) is 5.10 Å². The summed E-state index contributed by atoms with van der Waals surface area (Å²) >= 11 is 0. The van der Waals surface area contributed by atoms with E-state index in [4.69, 9.17) is 0 Å². The van der Waals surface area contributed by atoms with Gasteiger partial charge in [0.1, 0.15) is 0 Å².